The van der Waals surface area contributed by atoms with Crippen LogP contribution >= 0.6 is 0 Å². The molecule has 1 heteroatoms. The summed E-state index contributed by atoms with van der Waals surface area (Å²) in [6, 6.07) is 0. The first-order chi connectivity index (χ1) is 4.55. The molecular formula is C9H14O. The minimum atomic E-state index is 0.364. The minimum absolute atomic E-state index is 0.364. The molecule has 2 aliphatic rings. The zero-order valence-corrected chi connectivity index (χ0v) is 6.85. The lowest BCUT2D eigenvalue weighted by Gasteiger charge is -2.10. The number of fused-ring (bicyclic) bond motifs is 1. The molecule has 1 unspecified atom stereocenters. The summed E-state index contributed by atoms with van der Waals surface area (Å²) in [5.41, 5.74) is 0.365. The second-order valence-electron chi connectivity index (χ2n) is 4.44. The monoisotopic (exact) mass is 138 g/mol. The van der Waals surface area contributed by atoms with E-state index in [0.717, 1.165) is 12.3 Å². The summed E-state index contributed by atoms with van der Waals surface area (Å²) in [5, 5.41) is 0. The summed E-state index contributed by atoms with van der Waals surface area (Å²) in [7, 11) is 0. The molecule has 56 valence electrons. The Labute approximate surface area is 61.8 Å². The van der Waals surface area contributed by atoms with Crippen LogP contribution in [-0.2, 0) is 4.79 Å². The fraction of sp³-hybridized carbons (Fsp3) is 0.889. The smallest absolute Gasteiger partial charge is 0.139 e. The third-order valence-electron chi connectivity index (χ3n) is 3.45. The Balaban J connectivity index is 2.21. The maximum Gasteiger partial charge on any atom is 0.139 e. The molecule has 10 heavy (non-hydrogen) atoms. The van der Waals surface area contributed by atoms with Gasteiger partial charge in [0.15, 0.2) is 0 Å². The van der Waals surface area contributed by atoms with E-state index in [0.29, 0.717) is 23.0 Å². The molecule has 2 rings (SSSR count). The van der Waals surface area contributed by atoms with Crippen LogP contribution in [0.15, 0.2) is 0 Å². The van der Waals surface area contributed by atoms with Gasteiger partial charge in [0, 0.05) is 11.8 Å². The molecule has 0 aromatic carbocycles. The average molecular weight is 138 g/mol. The molecule has 0 spiro atoms. The van der Waals surface area contributed by atoms with Crippen LogP contribution in [-0.4, -0.2) is 5.78 Å². The van der Waals surface area contributed by atoms with Crippen LogP contribution in [0.3, 0.4) is 0 Å². The summed E-state index contributed by atoms with van der Waals surface area (Å²) in [6.45, 7) is 6.49. The largest absolute Gasteiger partial charge is 0.299 e. The van der Waals surface area contributed by atoms with Gasteiger partial charge in [0.25, 0.3) is 0 Å². The molecule has 0 aromatic heterocycles. The lowest BCUT2D eigenvalue weighted by molar-refractivity contribution is -0.123. The number of carbonyl (C=O) groups is 1. The van der Waals surface area contributed by atoms with E-state index in [9.17, 15) is 4.79 Å². The summed E-state index contributed by atoms with van der Waals surface area (Å²) in [6.07, 6.45) is 1.15. The number of hydrogen-bond acceptors (Lipinski definition) is 1. The lowest BCUT2D eigenvalue weighted by atomic mass is 9.94. The van der Waals surface area contributed by atoms with Crippen molar-refractivity contribution >= 4 is 5.78 Å². The third kappa shape index (κ3) is 0.518. The SMILES string of the molecule is CC1C[C@@H]2[C@H](C1=O)C2(C)C. The van der Waals surface area contributed by atoms with Crippen molar-refractivity contribution in [2.24, 2.45) is 23.2 Å². The second-order valence-corrected chi connectivity index (χ2v) is 4.44. The molecule has 0 amide bonds. The van der Waals surface area contributed by atoms with Gasteiger partial charge in [-0.05, 0) is 17.8 Å². The standard InChI is InChI=1S/C9H14O/c1-5-4-6-7(8(5)10)9(6,2)3/h5-7H,4H2,1-3H3/t5?,6-,7-/m1/s1. The van der Waals surface area contributed by atoms with Gasteiger partial charge < -0.3 is 0 Å². The van der Waals surface area contributed by atoms with Crippen LogP contribution in [0, 0.1) is 23.2 Å². The molecule has 0 heterocycles. The van der Waals surface area contributed by atoms with Gasteiger partial charge in [-0.2, -0.15) is 0 Å². The summed E-state index contributed by atoms with van der Waals surface area (Å²) >= 11 is 0. The van der Waals surface area contributed by atoms with Crippen molar-refractivity contribution in [2.45, 2.75) is 27.2 Å². The molecule has 2 fully saturated rings. The highest BCUT2D eigenvalue weighted by molar-refractivity contribution is 5.89. The molecule has 0 saturated heterocycles. The molecule has 0 N–H and O–H groups in total. The van der Waals surface area contributed by atoms with E-state index >= 15 is 0 Å². The van der Waals surface area contributed by atoms with E-state index in [1.54, 1.807) is 0 Å². The van der Waals surface area contributed by atoms with Crippen molar-refractivity contribution in [1.29, 1.82) is 0 Å². The number of hydrogen-bond donors (Lipinski definition) is 0. The van der Waals surface area contributed by atoms with Crippen LogP contribution < -0.4 is 0 Å². The van der Waals surface area contributed by atoms with Crippen LogP contribution in [0.25, 0.3) is 0 Å². The molecule has 2 aliphatic carbocycles. The molecular weight excluding hydrogens is 124 g/mol. The maximum absolute atomic E-state index is 11.4. The third-order valence-corrected chi connectivity index (χ3v) is 3.45. The van der Waals surface area contributed by atoms with Gasteiger partial charge in [-0.3, -0.25) is 4.79 Å². The van der Waals surface area contributed by atoms with Crippen LogP contribution in [0.4, 0.5) is 0 Å². The van der Waals surface area contributed by atoms with Crippen molar-refractivity contribution in [3.8, 4) is 0 Å². The molecule has 2 saturated carbocycles. The van der Waals surface area contributed by atoms with Crippen LogP contribution in [0.2, 0.25) is 0 Å². The Hall–Kier alpha value is -0.330. The Bertz CT molecular complexity index is 193. The molecule has 0 bridgehead atoms. The molecule has 1 nitrogen and oxygen atoms in total. The zero-order valence-electron chi connectivity index (χ0n) is 6.85. The van der Waals surface area contributed by atoms with Gasteiger partial charge >= 0.3 is 0 Å². The average Bonchev–Trinajstić information content (AvgIpc) is 2.12. The second kappa shape index (κ2) is 1.46. The van der Waals surface area contributed by atoms with E-state index in [4.69, 9.17) is 0 Å². The normalized spacial score (nSPS) is 49.1. The maximum atomic E-state index is 11.4. The predicted molar refractivity (Wildman–Crippen MR) is 39.5 cm³/mol. The van der Waals surface area contributed by atoms with Crippen molar-refractivity contribution < 1.29 is 4.79 Å². The van der Waals surface area contributed by atoms with Crippen molar-refractivity contribution in [3.05, 3.63) is 0 Å². The highest BCUT2D eigenvalue weighted by atomic mass is 16.1. The van der Waals surface area contributed by atoms with E-state index in [2.05, 4.69) is 20.8 Å². The van der Waals surface area contributed by atoms with E-state index in [1.165, 1.54) is 0 Å². The predicted octanol–water partition coefficient (Wildman–Crippen LogP) is 1.87. The van der Waals surface area contributed by atoms with Gasteiger partial charge in [-0.1, -0.05) is 20.8 Å². The first kappa shape index (κ1) is 6.38. The Morgan fingerprint density at radius 3 is 2.40 bits per heavy atom. The fourth-order valence-electron chi connectivity index (χ4n) is 2.55. The topological polar surface area (TPSA) is 17.1 Å². The first-order valence-electron chi connectivity index (χ1n) is 4.09. The first-order valence-corrected chi connectivity index (χ1v) is 4.09. The number of rotatable bonds is 0. The van der Waals surface area contributed by atoms with E-state index in [1.807, 2.05) is 0 Å². The number of Topliss-reactive ketones (excluding diaryl/α,β-unsaturated/α-hetero) is 1. The number of carbonyl (C=O) groups excluding carboxylic acids is 1. The molecule has 0 aromatic rings. The van der Waals surface area contributed by atoms with Crippen molar-refractivity contribution in [1.82, 2.24) is 0 Å². The summed E-state index contributed by atoms with van der Waals surface area (Å²) in [4.78, 5) is 11.4. The van der Waals surface area contributed by atoms with Crippen LogP contribution in [0.1, 0.15) is 27.2 Å². The van der Waals surface area contributed by atoms with Gasteiger partial charge in [0.05, 0.1) is 0 Å². The van der Waals surface area contributed by atoms with Crippen molar-refractivity contribution in [3.63, 3.8) is 0 Å². The van der Waals surface area contributed by atoms with Gasteiger partial charge in [0.1, 0.15) is 5.78 Å². The molecule has 3 atom stereocenters. The zero-order chi connectivity index (χ0) is 7.52. The minimum Gasteiger partial charge on any atom is -0.299 e. The van der Waals surface area contributed by atoms with E-state index in [-0.39, 0.29) is 0 Å². The highest BCUT2D eigenvalue weighted by Gasteiger charge is 2.66. The molecule has 0 radical (unpaired) electrons. The Morgan fingerprint density at radius 2 is 2.10 bits per heavy atom. The van der Waals surface area contributed by atoms with E-state index < -0.39 is 0 Å². The quantitative estimate of drug-likeness (QED) is 0.499. The lowest BCUT2D eigenvalue weighted by Crippen LogP contribution is -2.13. The van der Waals surface area contributed by atoms with Gasteiger partial charge in [-0.15, -0.1) is 0 Å². The Kier molecular flexibility index (Phi) is 0.934. The molecule has 0 aliphatic heterocycles. The van der Waals surface area contributed by atoms with Gasteiger partial charge in [0.2, 0.25) is 0 Å². The summed E-state index contributed by atoms with van der Waals surface area (Å²) in [5.74, 6) is 2.05. The Morgan fingerprint density at radius 1 is 1.50 bits per heavy atom. The van der Waals surface area contributed by atoms with Gasteiger partial charge in [-0.25, -0.2) is 0 Å². The summed E-state index contributed by atoms with van der Waals surface area (Å²) < 4.78 is 0. The number of ketones is 1. The fourth-order valence-corrected chi connectivity index (χ4v) is 2.55. The van der Waals surface area contributed by atoms with Crippen molar-refractivity contribution in [2.75, 3.05) is 0 Å². The van der Waals surface area contributed by atoms with Crippen LogP contribution in [0.5, 0.6) is 0 Å². The highest BCUT2D eigenvalue weighted by Crippen LogP contribution is 2.66.